The molecule has 0 amide bonds. The minimum absolute atomic E-state index is 0.348. The maximum absolute atomic E-state index is 11.4. The normalized spacial score (nSPS) is 9.89. The van der Waals surface area contributed by atoms with Crippen LogP contribution in [0.1, 0.15) is 0 Å². The highest BCUT2D eigenvalue weighted by Crippen LogP contribution is 2.20. The maximum atomic E-state index is 11.4. The van der Waals surface area contributed by atoms with Crippen LogP contribution in [-0.4, -0.2) is 41.3 Å². The Morgan fingerprint density at radius 3 is 2.26 bits per heavy atom. The Kier molecular flexibility index (Phi) is 7.92. The van der Waals surface area contributed by atoms with Gasteiger partial charge in [0.05, 0.1) is 0 Å². The summed E-state index contributed by atoms with van der Waals surface area (Å²) in [5.41, 5.74) is 0. The van der Waals surface area contributed by atoms with Crippen molar-refractivity contribution >= 4 is 33.7 Å². The van der Waals surface area contributed by atoms with Gasteiger partial charge in [-0.15, -0.1) is 0 Å². The molecule has 0 radical (unpaired) electrons. The van der Waals surface area contributed by atoms with Crippen molar-refractivity contribution in [2.45, 2.75) is 0 Å². The van der Waals surface area contributed by atoms with Gasteiger partial charge < -0.3 is 9.47 Å². The van der Waals surface area contributed by atoms with Gasteiger partial charge in [-0.2, -0.15) is 0 Å². The maximum Gasteiger partial charge on any atom is 0.417 e. The summed E-state index contributed by atoms with van der Waals surface area (Å²) in [6, 6.07) is 3.52. The molecule has 0 aromatic carbocycles. The number of nitrogens with zero attached hydrogens (tertiary/aromatic N) is 1. The van der Waals surface area contributed by atoms with Crippen LogP contribution < -0.4 is 0 Å². The molecule has 1 heterocycles. The first-order chi connectivity index (χ1) is 9.24. The van der Waals surface area contributed by atoms with Crippen molar-refractivity contribution in [3.63, 3.8) is 0 Å². The van der Waals surface area contributed by atoms with Crippen LogP contribution in [0.15, 0.2) is 37.2 Å². The van der Waals surface area contributed by atoms with E-state index >= 15 is 0 Å². The van der Waals surface area contributed by atoms with Gasteiger partial charge in [0.1, 0.15) is 13.2 Å². The first-order valence-corrected chi connectivity index (χ1v) is 8.06. The quantitative estimate of drug-likeness (QED) is 0.318. The van der Waals surface area contributed by atoms with Crippen molar-refractivity contribution in [2.24, 2.45) is 0 Å². The molecule has 0 aliphatic rings. The largest absolute Gasteiger partial charge is 0.462 e. The third kappa shape index (κ3) is 6.97. The number of aromatic nitrogens is 1. The van der Waals surface area contributed by atoms with Crippen molar-refractivity contribution in [2.75, 3.05) is 24.7 Å². The molecule has 0 bridgehead atoms. The van der Waals surface area contributed by atoms with Crippen LogP contribution in [-0.2, 0) is 14.3 Å². The van der Waals surface area contributed by atoms with Gasteiger partial charge in [0.2, 0.25) is 0 Å². The highest BCUT2D eigenvalue weighted by Gasteiger charge is 2.03. The molecule has 7 heteroatoms. The predicted octanol–water partition coefficient (Wildman–Crippen LogP) is 2.58. The Hall–Kier alpha value is -1.34. The van der Waals surface area contributed by atoms with Gasteiger partial charge >= 0.3 is 12.1 Å². The van der Waals surface area contributed by atoms with E-state index in [-0.39, 0.29) is 6.09 Å². The summed E-state index contributed by atoms with van der Waals surface area (Å²) in [5, 5.41) is 0. The number of esters is 1. The topological polar surface area (TPSA) is 57.5 Å². The molecule has 0 unspecified atom stereocenters. The molecule has 0 saturated heterocycles. The average Bonchev–Trinajstić information content (AvgIpc) is 2.95. The molecule has 1 rings (SSSR count). The van der Waals surface area contributed by atoms with E-state index in [4.69, 9.17) is 9.47 Å². The Morgan fingerprint density at radius 1 is 1.11 bits per heavy atom. The van der Waals surface area contributed by atoms with Crippen LogP contribution in [0.25, 0.3) is 0 Å². The molecule has 1 aromatic rings. The van der Waals surface area contributed by atoms with E-state index in [2.05, 4.69) is 6.58 Å². The summed E-state index contributed by atoms with van der Waals surface area (Å²) in [6.45, 7) is 4.00. The van der Waals surface area contributed by atoms with Gasteiger partial charge in [-0.3, -0.25) is 4.57 Å². The van der Waals surface area contributed by atoms with Crippen molar-refractivity contribution in [1.82, 2.24) is 4.57 Å². The standard InChI is InChI=1S/C12H15NO4S2/c1-2-11(14)16-7-9-18-19-10-8-17-12(15)13-5-3-4-6-13/h2-6H,1,7-10H2. The zero-order valence-electron chi connectivity index (χ0n) is 10.3. The van der Waals surface area contributed by atoms with Crippen LogP contribution in [0.4, 0.5) is 4.79 Å². The molecule has 104 valence electrons. The van der Waals surface area contributed by atoms with E-state index in [1.54, 1.807) is 46.1 Å². The second kappa shape index (κ2) is 9.57. The van der Waals surface area contributed by atoms with Crippen LogP contribution in [0.2, 0.25) is 0 Å². The molecule has 0 aliphatic carbocycles. The van der Waals surface area contributed by atoms with E-state index in [9.17, 15) is 9.59 Å². The zero-order valence-corrected chi connectivity index (χ0v) is 12.0. The molecule has 5 nitrogen and oxygen atoms in total. The van der Waals surface area contributed by atoms with Crippen LogP contribution in [0, 0.1) is 0 Å². The minimum atomic E-state index is -0.411. The number of carbonyl (C=O) groups is 2. The molecule has 0 spiro atoms. The lowest BCUT2D eigenvalue weighted by molar-refractivity contribution is -0.137. The Morgan fingerprint density at radius 2 is 1.68 bits per heavy atom. The van der Waals surface area contributed by atoms with Crippen molar-refractivity contribution in [3.05, 3.63) is 37.2 Å². The van der Waals surface area contributed by atoms with Crippen molar-refractivity contribution in [1.29, 1.82) is 0 Å². The van der Waals surface area contributed by atoms with Gasteiger partial charge in [0.15, 0.2) is 0 Å². The molecule has 0 fully saturated rings. The first-order valence-electron chi connectivity index (χ1n) is 5.57. The lowest BCUT2D eigenvalue weighted by atomic mass is 10.6. The Labute approximate surface area is 119 Å². The average molecular weight is 301 g/mol. The predicted molar refractivity (Wildman–Crippen MR) is 77.3 cm³/mol. The van der Waals surface area contributed by atoms with Crippen LogP contribution in [0.3, 0.4) is 0 Å². The number of carbonyl (C=O) groups excluding carboxylic acids is 2. The molecular weight excluding hydrogens is 286 g/mol. The van der Waals surface area contributed by atoms with Gasteiger partial charge in [-0.25, -0.2) is 9.59 Å². The lowest BCUT2D eigenvalue weighted by Crippen LogP contribution is -2.13. The Balaban J connectivity index is 1.93. The van der Waals surface area contributed by atoms with Gasteiger partial charge in [-0.05, 0) is 12.1 Å². The third-order valence-electron chi connectivity index (χ3n) is 1.87. The fourth-order valence-electron chi connectivity index (χ4n) is 1.05. The second-order valence-corrected chi connectivity index (χ2v) is 5.92. The molecular formula is C12H15NO4S2. The summed E-state index contributed by atoms with van der Waals surface area (Å²) in [6.07, 6.45) is 4.03. The van der Waals surface area contributed by atoms with E-state index < -0.39 is 5.97 Å². The zero-order chi connectivity index (χ0) is 13.9. The van der Waals surface area contributed by atoms with Crippen LogP contribution in [0.5, 0.6) is 0 Å². The highest BCUT2D eigenvalue weighted by molar-refractivity contribution is 8.76. The SMILES string of the molecule is C=CC(=O)OCCSSCCOC(=O)n1cccc1. The number of ether oxygens (including phenoxy) is 2. The number of hydrogen-bond donors (Lipinski definition) is 0. The van der Waals surface area contributed by atoms with E-state index in [1.165, 1.54) is 4.57 Å². The van der Waals surface area contributed by atoms with Crippen LogP contribution >= 0.6 is 21.6 Å². The molecule has 0 aliphatic heterocycles. The summed E-state index contributed by atoms with van der Waals surface area (Å²) in [7, 11) is 3.13. The molecule has 1 aromatic heterocycles. The first kappa shape index (κ1) is 15.7. The molecule has 19 heavy (non-hydrogen) atoms. The van der Waals surface area contributed by atoms with Crippen molar-refractivity contribution in [3.8, 4) is 0 Å². The summed E-state index contributed by atoms with van der Waals surface area (Å²) >= 11 is 0. The number of rotatable bonds is 8. The smallest absolute Gasteiger partial charge is 0.417 e. The monoisotopic (exact) mass is 301 g/mol. The summed E-state index contributed by atoms with van der Waals surface area (Å²) in [4.78, 5) is 22.1. The molecule has 0 N–H and O–H groups in total. The summed E-state index contributed by atoms with van der Waals surface area (Å²) in [5.74, 6) is 0.967. The summed E-state index contributed by atoms with van der Waals surface area (Å²) < 4.78 is 11.2. The lowest BCUT2D eigenvalue weighted by Gasteiger charge is -2.05. The second-order valence-electron chi connectivity index (χ2n) is 3.22. The van der Waals surface area contributed by atoms with Gasteiger partial charge in [0.25, 0.3) is 0 Å². The molecule has 0 saturated carbocycles. The van der Waals surface area contributed by atoms with Gasteiger partial charge in [0, 0.05) is 30.0 Å². The fourth-order valence-corrected chi connectivity index (χ4v) is 2.70. The minimum Gasteiger partial charge on any atom is -0.462 e. The van der Waals surface area contributed by atoms with E-state index in [0.717, 1.165) is 6.08 Å². The van der Waals surface area contributed by atoms with Gasteiger partial charge in [-0.1, -0.05) is 28.2 Å². The molecule has 0 atom stereocenters. The third-order valence-corrected chi connectivity index (χ3v) is 4.20. The van der Waals surface area contributed by atoms with E-state index in [1.807, 2.05) is 0 Å². The fraction of sp³-hybridized carbons (Fsp3) is 0.333. The number of hydrogen-bond acceptors (Lipinski definition) is 6. The highest BCUT2D eigenvalue weighted by atomic mass is 33.1. The Bertz CT molecular complexity index is 406. The van der Waals surface area contributed by atoms with Crippen molar-refractivity contribution < 1.29 is 19.1 Å². The van der Waals surface area contributed by atoms with E-state index in [0.29, 0.717) is 24.7 Å².